The van der Waals surface area contributed by atoms with Crippen LogP contribution in [0.2, 0.25) is 0 Å². The van der Waals surface area contributed by atoms with E-state index in [0.29, 0.717) is 12.1 Å². The molecule has 0 radical (unpaired) electrons. The summed E-state index contributed by atoms with van der Waals surface area (Å²) >= 11 is 0. The van der Waals surface area contributed by atoms with E-state index in [1.807, 2.05) is 12.4 Å². The fourth-order valence-electron chi connectivity index (χ4n) is 3.55. The minimum atomic E-state index is 0.335. The summed E-state index contributed by atoms with van der Waals surface area (Å²) in [6.07, 6.45) is 7.47. The van der Waals surface area contributed by atoms with Gasteiger partial charge in [-0.3, -0.25) is 9.97 Å². The summed E-state index contributed by atoms with van der Waals surface area (Å²) in [7, 11) is 0. The van der Waals surface area contributed by atoms with Crippen molar-refractivity contribution in [1.82, 2.24) is 15.3 Å². The third-order valence-electron chi connectivity index (χ3n) is 4.56. The van der Waals surface area contributed by atoms with E-state index in [2.05, 4.69) is 55.1 Å². The van der Waals surface area contributed by atoms with Gasteiger partial charge in [0, 0.05) is 12.4 Å². The summed E-state index contributed by atoms with van der Waals surface area (Å²) in [6.45, 7) is 8.52. The number of piperidine rings is 1. The van der Waals surface area contributed by atoms with Crippen LogP contribution in [0.3, 0.4) is 0 Å². The zero-order valence-corrected chi connectivity index (χ0v) is 14.0. The first-order chi connectivity index (χ1) is 10.5. The molecule has 1 aliphatic rings. The molecule has 2 aromatic heterocycles. The standard InChI is InChI=1S/C19H25N3/c1-12-8-14(3)18(20-10-12)16-6-5-7-17(22-16)19-15(4)9-13(2)11-21-19/h8-11,16-17,22H,5-7H2,1-4H3. The number of nitrogens with zero attached hydrogens (tertiary/aromatic N) is 2. The van der Waals surface area contributed by atoms with E-state index in [0.717, 1.165) is 12.8 Å². The number of aromatic nitrogens is 2. The molecule has 0 aromatic carbocycles. The molecule has 0 bridgehead atoms. The maximum Gasteiger partial charge on any atom is 0.0602 e. The third kappa shape index (κ3) is 3.05. The highest BCUT2D eigenvalue weighted by atomic mass is 15.0. The number of pyridine rings is 2. The molecule has 1 fully saturated rings. The Hall–Kier alpha value is -1.74. The van der Waals surface area contributed by atoms with Crippen molar-refractivity contribution in [2.75, 3.05) is 0 Å². The Morgan fingerprint density at radius 3 is 1.68 bits per heavy atom. The summed E-state index contributed by atoms with van der Waals surface area (Å²) in [5, 5.41) is 3.78. The van der Waals surface area contributed by atoms with Gasteiger partial charge in [-0.1, -0.05) is 12.1 Å². The van der Waals surface area contributed by atoms with Crippen LogP contribution in [-0.2, 0) is 0 Å². The summed E-state index contributed by atoms with van der Waals surface area (Å²) in [6, 6.07) is 5.12. The lowest BCUT2D eigenvalue weighted by molar-refractivity contribution is 0.319. The van der Waals surface area contributed by atoms with Crippen LogP contribution in [0.1, 0.15) is 65.0 Å². The Kier molecular flexibility index (Phi) is 4.25. The monoisotopic (exact) mass is 295 g/mol. The lowest BCUT2D eigenvalue weighted by Crippen LogP contribution is -2.32. The van der Waals surface area contributed by atoms with E-state index >= 15 is 0 Å². The molecule has 3 heterocycles. The average molecular weight is 295 g/mol. The minimum Gasteiger partial charge on any atom is -0.300 e. The highest BCUT2D eigenvalue weighted by Gasteiger charge is 2.26. The van der Waals surface area contributed by atoms with Gasteiger partial charge in [-0.05, 0) is 69.2 Å². The summed E-state index contributed by atoms with van der Waals surface area (Å²) in [5.41, 5.74) is 7.41. The quantitative estimate of drug-likeness (QED) is 0.899. The van der Waals surface area contributed by atoms with Crippen molar-refractivity contribution in [1.29, 1.82) is 0 Å². The molecule has 3 rings (SSSR count). The van der Waals surface area contributed by atoms with Crippen molar-refractivity contribution in [2.45, 2.75) is 59.0 Å². The lowest BCUT2D eigenvalue weighted by atomic mass is 9.91. The van der Waals surface area contributed by atoms with Crippen LogP contribution in [0.5, 0.6) is 0 Å². The predicted octanol–water partition coefficient (Wildman–Crippen LogP) is 4.27. The Morgan fingerprint density at radius 1 is 0.818 bits per heavy atom. The molecule has 116 valence electrons. The number of hydrogen-bond acceptors (Lipinski definition) is 3. The molecular formula is C19H25N3. The Balaban J connectivity index is 1.85. The van der Waals surface area contributed by atoms with Crippen LogP contribution in [0.4, 0.5) is 0 Å². The molecule has 0 saturated carbocycles. The van der Waals surface area contributed by atoms with Crippen LogP contribution < -0.4 is 5.32 Å². The smallest absolute Gasteiger partial charge is 0.0602 e. The maximum atomic E-state index is 4.68. The minimum absolute atomic E-state index is 0.335. The van der Waals surface area contributed by atoms with Crippen molar-refractivity contribution < 1.29 is 0 Å². The van der Waals surface area contributed by atoms with E-state index in [-0.39, 0.29) is 0 Å². The molecular weight excluding hydrogens is 270 g/mol. The lowest BCUT2D eigenvalue weighted by Gasteiger charge is -2.32. The van der Waals surface area contributed by atoms with Gasteiger partial charge >= 0.3 is 0 Å². The molecule has 22 heavy (non-hydrogen) atoms. The maximum absolute atomic E-state index is 4.68. The van der Waals surface area contributed by atoms with Gasteiger partial charge in [0.25, 0.3) is 0 Å². The molecule has 0 spiro atoms. The van der Waals surface area contributed by atoms with Crippen molar-refractivity contribution in [2.24, 2.45) is 0 Å². The molecule has 3 heteroatoms. The normalized spacial score (nSPS) is 21.8. The van der Waals surface area contributed by atoms with Gasteiger partial charge in [-0.25, -0.2) is 0 Å². The summed E-state index contributed by atoms with van der Waals surface area (Å²) in [5.74, 6) is 0. The van der Waals surface area contributed by atoms with E-state index in [9.17, 15) is 0 Å². The third-order valence-corrected chi connectivity index (χ3v) is 4.56. The van der Waals surface area contributed by atoms with Crippen molar-refractivity contribution >= 4 is 0 Å². The number of rotatable bonds is 2. The van der Waals surface area contributed by atoms with Gasteiger partial charge in [0.05, 0.1) is 23.5 Å². The second-order valence-corrected chi connectivity index (χ2v) is 6.63. The van der Waals surface area contributed by atoms with Crippen LogP contribution in [0.25, 0.3) is 0 Å². The highest BCUT2D eigenvalue weighted by molar-refractivity contribution is 5.29. The predicted molar refractivity (Wildman–Crippen MR) is 89.9 cm³/mol. The van der Waals surface area contributed by atoms with Gasteiger partial charge in [-0.15, -0.1) is 0 Å². The van der Waals surface area contributed by atoms with Crippen LogP contribution >= 0.6 is 0 Å². The number of nitrogens with one attached hydrogen (secondary N) is 1. The molecule has 1 aliphatic heterocycles. The zero-order valence-electron chi connectivity index (χ0n) is 14.0. The summed E-state index contributed by atoms with van der Waals surface area (Å²) in [4.78, 5) is 9.37. The number of hydrogen-bond donors (Lipinski definition) is 1. The van der Waals surface area contributed by atoms with Gasteiger partial charge < -0.3 is 5.32 Å². The number of aryl methyl sites for hydroxylation is 4. The molecule has 0 amide bonds. The van der Waals surface area contributed by atoms with Crippen LogP contribution in [0.15, 0.2) is 24.5 Å². The molecule has 2 atom stereocenters. The van der Waals surface area contributed by atoms with Crippen molar-refractivity contribution in [3.05, 3.63) is 58.2 Å². The fraction of sp³-hybridized carbons (Fsp3) is 0.474. The molecule has 0 aliphatic carbocycles. The molecule has 2 unspecified atom stereocenters. The SMILES string of the molecule is Cc1cnc(C2CCCC(c3ncc(C)cc3C)N2)c(C)c1. The first-order valence-corrected chi connectivity index (χ1v) is 8.17. The molecule has 1 saturated heterocycles. The van der Waals surface area contributed by atoms with Crippen LogP contribution in [-0.4, -0.2) is 9.97 Å². The molecule has 3 nitrogen and oxygen atoms in total. The van der Waals surface area contributed by atoms with Crippen molar-refractivity contribution in [3.63, 3.8) is 0 Å². The van der Waals surface area contributed by atoms with Crippen LogP contribution in [0, 0.1) is 27.7 Å². The second-order valence-electron chi connectivity index (χ2n) is 6.63. The Morgan fingerprint density at radius 2 is 1.27 bits per heavy atom. The fourth-order valence-corrected chi connectivity index (χ4v) is 3.55. The van der Waals surface area contributed by atoms with Gasteiger partial charge in [0.1, 0.15) is 0 Å². The second kappa shape index (κ2) is 6.17. The van der Waals surface area contributed by atoms with E-state index in [1.54, 1.807) is 0 Å². The highest BCUT2D eigenvalue weighted by Crippen LogP contribution is 2.33. The van der Waals surface area contributed by atoms with E-state index in [1.165, 1.54) is 40.1 Å². The van der Waals surface area contributed by atoms with Gasteiger partial charge in [-0.2, -0.15) is 0 Å². The van der Waals surface area contributed by atoms with Gasteiger partial charge in [0.2, 0.25) is 0 Å². The van der Waals surface area contributed by atoms with Gasteiger partial charge in [0.15, 0.2) is 0 Å². The average Bonchev–Trinajstić information content (AvgIpc) is 2.47. The van der Waals surface area contributed by atoms with E-state index in [4.69, 9.17) is 0 Å². The Bertz CT molecular complexity index is 621. The molecule has 2 aromatic rings. The van der Waals surface area contributed by atoms with Crippen molar-refractivity contribution in [3.8, 4) is 0 Å². The summed E-state index contributed by atoms with van der Waals surface area (Å²) < 4.78 is 0. The van der Waals surface area contributed by atoms with E-state index < -0.39 is 0 Å². The molecule has 1 N–H and O–H groups in total. The Labute approximate surface area is 133 Å². The zero-order chi connectivity index (χ0) is 15.7. The first-order valence-electron chi connectivity index (χ1n) is 8.17. The largest absolute Gasteiger partial charge is 0.300 e. The topological polar surface area (TPSA) is 37.8 Å². The first kappa shape index (κ1) is 15.2.